The molecule has 2 atom stereocenters. The van der Waals surface area contributed by atoms with E-state index in [1.165, 1.54) is 0 Å². The normalized spacial score (nSPS) is 19.3. The fraction of sp³-hybridized carbons (Fsp3) is 0.393. The Bertz CT molecular complexity index is 1510. The molecule has 184 valence electrons. The smallest absolute Gasteiger partial charge is 0.201 e. The monoisotopic (exact) mass is 476 g/mol. The summed E-state index contributed by atoms with van der Waals surface area (Å²) in [5.74, 6) is 0.839. The maximum absolute atomic E-state index is 14.0. The summed E-state index contributed by atoms with van der Waals surface area (Å²) in [6.07, 6.45) is -1.59. The second-order valence-corrected chi connectivity index (χ2v) is 10.2. The summed E-state index contributed by atoms with van der Waals surface area (Å²) in [5.41, 5.74) is 0.478. The lowest BCUT2D eigenvalue weighted by molar-refractivity contribution is -0.111. The molecule has 4 aromatic rings. The maximum atomic E-state index is 14.0. The Kier molecular flexibility index (Phi) is 5.74. The Morgan fingerprint density at radius 3 is 2.49 bits per heavy atom. The van der Waals surface area contributed by atoms with Gasteiger partial charge >= 0.3 is 0 Å². The number of rotatable bonds is 5. The highest BCUT2D eigenvalue weighted by atomic mass is 16.5. The number of aliphatic hydroxyl groups excluding tert-OH is 2. The van der Waals surface area contributed by atoms with Gasteiger partial charge in [0.25, 0.3) is 0 Å². The standard InChI is InChI=1S/C28H32N2O5/c1-28(2)27(33)26(32)23-21(35-28)15-20(34-12-8-11-29(3)4)22-24(23)30(5)19-14-17-10-7-6-9-16(17)13-18(19)25(22)31/h6-7,9-10,13-15,26-27,32-33H,8,11-12H2,1-5H3/t26-,27-/m1/s1. The van der Waals surface area contributed by atoms with Crippen LogP contribution in [0.4, 0.5) is 0 Å². The molecule has 2 heterocycles. The third-order valence-electron chi connectivity index (χ3n) is 6.99. The summed E-state index contributed by atoms with van der Waals surface area (Å²) >= 11 is 0. The molecule has 7 nitrogen and oxygen atoms in total. The van der Waals surface area contributed by atoms with E-state index in [-0.39, 0.29) is 5.43 Å². The van der Waals surface area contributed by atoms with Gasteiger partial charge in [-0.1, -0.05) is 24.3 Å². The molecule has 1 aromatic heterocycles. The zero-order chi connectivity index (χ0) is 25.1. The number of benzene rings is 3. The van der Waals surface area contributed by atoms with E-state index in [2.05, 4.69) is 4.90 Å². The highest BCUT2D eigenvalue weighted by Gasteiger charge is 2.44. The quantitative estimate of drug-likeness (QED) is 0.337. The molecule has 7 heteroatoms. The molecule has 0 radical (unpaired) electrons. The van der Waals surface area contributed by atoms with Crippen LogP contribution in [0.1, 0.15) is 31.9 Å². The van der Waals surface area contributed by atoms with Gasteiger partial charge in [-0.2, -0.15) is 0 Å². The van der Waals surface area contributed by atoms with E-state index in [1.807, 2.05) is 62.1 Å². The molecular formula is C28H32N2O5. The van der Waals surface area contributed by atoms with E-state index in [0.717, 1.165) is 29.3 Å². The van der Waals surface area contributed by atoms with Crippen LogP contribution in [-0.4, -0.2) is 58.6 Å². The van der Waals surface area contributed by atoms with Crippen LogP contribution in [0.15, 0.2) is 47.3 Å². The van der Waals surface area contributed by atoms with Crippen LogP contribution in [0.3, 0.4) is 0 Å². The average Bonchev–Trinajstić information content (AvgIpc) is 2.81. The molecule has 0 amide bonds. The van der Waals surface area contributed by atoms with Gasteiger partial charge in [-0.25, -0.2) is 0 Å². The highest BCUT2D eigenvalue weighted by molar-refractivity contribution is 6.04. The van der Waals surface area contributed by atoms with Gasteiger partial charge in [0, 0.05) is 25.0 Å². The zero-order valence-corrected chi connectivity index (χ0v) is 20.8. The van der Waals surface area contributed by atoms with Gasteiger partial charge in [-0.05, 0) is 57.3 Å². The van der Waals surface area contributed by atoms with Gasteiger partial charge in [0.15, 0.2) is 0 Å². The minimum absolute atomic E-state index is 0.171. The predicted molar refractivity (Wildman–Crippen MR) is 139 cm³/mol. The summed E-state index contributed by atoms with van der Waals surface area (Å²) in [4.78, 5) is 16.0. The number of ether oxygens (including phenoxy) is 2. The first-order chi connectivity index (χ1) is 16.6. The number of hydrogen-bond donors (Lipinski definition) is 2. The lowest BCUT2D eigenvalue weighted by atomic mass is 9.86. The molecule has 5 rings (SSSR count). The van der Waals surface area contributed by atoms with E-state index in [1.54, 1.807) is 19.9 Å². The van der Waals surface area contributed by atoms with Gasteiger partial charge in [-0.3, -0.25) is 4.79 Å². The minimum Gasteiger partial charge on any atom is -0.493 e. The van der Waals surface area contributed by atoms with Crippen molar-refractivity contribution in [1.82, 2.24) is 9.47 Å². The number of nitrogens with zero attached hydrogens (tertiary/aromatic N) is 2. The molecule has 2 N–H and O–H groups in total. The topological polar surface area (TPSA) is 84.2 Å². The molecule has 35 heavy (non-hydrogen) atoms. The molecule has 0 spiro atoms. The summed E-state index contributed by atoms with van der Waals surface area (Å²) in [6.45, 7) is 4.75. The fourth-order valence-electron chi connectivity index (χ4n) is 5.08. The summed E-state index contributed by atoms with van der Waals surface area (Å²) in [5, 5.41) is 25.0. The van der Waals surface area contributed by atoms with Gasteiger partial charge in [-0.15, -0.1) is 0 Å². The van der Waals surface area contributed by atoms with Gasteiger partial charge in [0.2, 0.25) is 5.43 Å². The largest absolute Gasteiger partial charge is 0.493 e. The highest BCUT2D eigenvalue weighted by Crippen LogP contribution is 2.46. The van der Waals surface area contributed by atoms with E-state index in [4.69, 9.17) is 9.47 Å². The van der Waals surface area contributed by atoms with Gasteiger partial charge < -0.3 is 29.2 Å². The Labute approximate surface area is 204 Å². The first-order valence-electron chi connectivity index (χ1n) is 11.9. The number of aryl methyl sites for hydroxylation is 1. The SMILES string of the molecule is CN(C)CCCOc1cc2c(c3c1c(=O)c1cc4ccccc4cc1n3C)[C@@H](O)[C@@H](O)C(C)(C)O2. The predicted octanol–water partition coefficient (Wildman–Crippen LogP) is 3.74. The number of pyridine rings is 1. The van der Waals surface area contributed by atoms with Crippen LogP contribution in [-0.2, 0) is 7.05 Å². The van der Waals surface area contributed by atoms with Crippen molar-refractivity contribution in [2.24, 2.45) is 7.05 Å². The summed E-state index contributed by atoms with van der Waals surface area (Å²) < 4.78 is 14.2. The van der Waals surface area contributed by atoms with Crippen LogP contribution >= 0.6 is 0 Å². The zero-order valence-electron chi connectivity index (χ0n) is 20.8. The molecule has 0 unspecified atom stereocenters. The van der Waals surface area contributed by atoms with E-state index in [0.29, 0.717) is 40.0 Å². The Balaban J connectivity index is 1.83. The summed E-state index contributed by atoms with van der Waals surface area (Å²) in [6, 6.07) is 13.5. The Morgan fingerprint density at radius 2 is 1.80 bits per heavy atom. The van der Waals surface area contributed by atoms with Crippen molar-refractivity contribution in [3.63, 3.8) is 0 Å². The van der Waals surface area contributed by atoms with Crippen molar-refractivity contribution < 1.29 is 19.7 Å². The van der Waals surface area contributed by atoms with Crippen LogP contribution in [0, 0.1) is 0 Å². The van der Waals surface area contributed by atoms with E-state index >= 15 is 0 Å². The molecule has 0 saturated heterocycles. The lowest BCUT2D eigenvalue weighted by Gasteiger charge is -2.40. The van der Waals surface area contributed by atoms with Crippen molar-refractivity contribution in [3.8, 4) is 11.5 Å². The second-order valence-electron chi connectivity index (χ2n) is 10.2. The van der Waals surface area contributed by atoms with Crippen molar-refractivity contribution in [2.75, 3.05) is 27.2 Å². The van der Waals surface area contributed by atoms with E-state index < -0.39 is 17.8 Å². The number of aromatic nitrogens is 1. The van der Waals surface area contributed by atoms with Gasteiger partial charge in [0.1, 0.15) is 29.3 Å². The molecule has 1 aliphatic heterocycles. The third kappa shape index (κ3) is 3.84. The van der Waals surface area contributed by atoms with Crippen molar-refractivity contribution in [1.29, 1.82) is 0 Å². The molecule has 0 fully saturated rings. The van der Waals surface area contributed by atoms with Crippen molar-refractivity contribution in [2.45, 2.75) is 38.1 Å². The Hall–Kier alpha value is -3.13. The second kappa shape index (κ2) is 8.52. The molecule has 0 saturated carbocycles. The van der Waals surface area contributed by atoms with Crippen LogP contribution < -0.4 is 14.9 Å². The molecular weight excluding hydrogens is 444 g/mol. The number of fused-ring (bicyclic) bond motifs is 5. The van der Waals surface area contributed by atoms with Crippen LogP contribution in [0.2, 0.25) is 0 Å². The average molecular weight is 477 g/mol. The number of aliphatic hydroxyl groups is 2. The molecule has 1 aliphatic rings. The Morgan fingerprint density at radius 1 is 1.11 bits per heavy atom. The first-order valence-corrected chi connectivity index (χ1v) is 11.9. The first kappa shape index (κ1) is 23.6. The van der Waals surface area contributed by atoms with E-state index in [9.17, 15) is 15.0 Å². The third-order valence-corrected chi connectivity index (χ3v) is 6.99. The number of hydrogen-bond acceptors (Lipinski definition) is 6. The van der Waals surface area contributed by atoms with Crippen LogP contribution in [0.25, 0.3) is 32.6 Å². The lowest BCUT2D eigenvalue weighted by Crippen LogP contribution is -2.49. The molecule has 3 aromatic carbocycles. The molecule has 0 aliphatic carbocycles. The summed E-state index contributed by atoms with van der Waals surface area (Å²) in [7, 11) is 5.88. The maximum Gasteiger partial charge on any atom is 0.201 e. The minimum atomic E-state index is -1.22. The van der Waals surface area contributed by atoms with Gasteiger partial charge in [0.05, 0.1) is 28.6 Å². The van der Waals surface area contributed by atoms with Crippen molar-refractivity contribution >= 4 is 32.6 Å². The molecule has 0 bridgehead atoms. The van der Waals surface area contributed by atoms with Crippen molar-refractivity contribution in [3.05, 3.63) is 58.3 Å². The van der Waals surface area contributed by atoms with Crippen LogP contribution in [0.5, 0.6) is 11.5 Å². The fourth-order valence-corrected chi connectivity index (χ4v) is 5.08.